The third-order valence-electron chi connectivity index (χ3n) is 4.92. The lowest BCUT2D eigenvalue weighted by Crippen LogP contribution is -2.59. The van der Waals surface area contributed by atoms with E-state index < -0.39 is 0 Å². The van der Waals surface area contributed by atoms with Crippen LogP contribution in [0.15, 0.2) is 0 Å². The van der Waals surface area contributed by atoms with Gasteiger partial charge in [0.25, 0.3) is 0 Å². The first-order valence-corrected chi connectivity index (χ1v) is 7.15. The van der Waals surface area contributed by atoms with Gasteiger partial charge in [0.05, 0.1) is 6.10 Å². The Balaban J connectivity index is 1.61. The topological polar surface area (TPSA) is 50.5 Å². The lowest BCUT2D eigenvalue weighted by atomic mass is 9.88. The average Bonchev–Trinajstić information content (AvgIpc) is 3.05. The minimum atomic E-state index is 0.169. The van der Waals surface area contributed by atoms with E-state index in [0.717, 1.165) is 19.7 Å². The van der Waals surface area contributed by atoms with Gasteiger partial charge in [-0.25, -0.2) is 0 Å². The van der Waals surface area contributed by atoms with Crippen LogP contribution >= 0.6 is 0 Å². The zero-order chi connectivity index (χ0) is 11.7. The molecule has 98 valence electrons. The van der Waals surface area contributed by atoms with E-state index in [1.165, 1.54) is 45.2 Å². The predicted molar refractivity (Wildman–Crippen MR) is 68.0 cm³/mol. The number of nitrogens with zero attached hydrogens (tertiary/aromatic N) is 1. The highest BCUT2D eigenvalue weighted by Gasteiger charge is 2.48. The Bertz CT molecular complexity index is 267. The molecule has 17 heavy (non-hydrogen) atoms. The second-order valence-electron chi connectivity index (χ2n) is 5.82. The molecular formula is C13H25N3O. The van der Waals surface area contributed by atoms with Gasteiger partial charge in [0.1, 0.15) is 0 Å². The van der Waals surface area contributed by atoms with Gasteiger partial charge in [-0.1, -0.05) is 0 Å². The zero-order valence-electron chi connectivity index (χ0n) is 10.7. The van der Waals surface area contributed by atoms with Crippen molar-refractivity contribution in [1.82, 2.24) is 10.2 Å². The molecule has 0 aromatic heterocycles. The van der Waals surface area contributed by atoms with E-state index in [2.05, 4.69) is 10.2 Å². The van der Waals surface area contributed by atoms with E-state index in [0.29, 0.717) is 12.1 Å². The van der Waals surface area contributed by atoms with E-state index >= 15 is 0 Å². The molecule has 0 aliphatic carbocycles. The number of hydrogen-bond acceptors (Lipinski definition) is 4. The monoisotopic (exact) mass is 239 g/mol. The van der Waals surface area contributed by atoms with Crippen molar-refractivity contribution >= 4 is 0 Å². The van der Waals surface area contributed by atoms with Crippen LogP contribution in [0.4, 0.5) is 0 Å². The number of rotatable bonds is 4. The summed E-state index contributed by atoms with van der Waals surface area (Å²) in [6.45, 7) is 5.19. The SMILES string of the molecule is NCC1(NCC2CCCO2)CCN2CCCC21. The van der Waals surface area contributed by atoms with Crippen LogP contribution in [-0.4, -0.2) is 55.4 Å². The molecule has 0 bridgehead atoms. The van der Waals surface area contributed by atoms with Crippen molar-refractivity contribution in [3.63, 3.8) is 0 Å². The Labute approximate surface area is 104 Å². The second kappa shape index (κ2) is 4.84. The Morgan fingerprint density at radius 3 is 3.00 bits per heavy atom. The summed E-state index contributed by atoms with van der Waals surface area (Å²) in [5, 5.41) is 3.77. The van der Waals surface area contributed by atoms with Gasteiger partial charge in [-0.05, 0) is 38.6 Å². The largest absolute Gasteiger partial charge is 0.377 e. The van der Waals surface area contributed by atoms with Crippen molar-refractivity contribution in [2.75, 3.05) is 32.8 Å². The Kier molecular flexibility index (Phi) is 3.39. The van der Waals surface area contributed by atoms with Gasteiger partial charge in [-0.2, -0.15) is 0 Å². The van der Waals surface area contributed by atoms with E-state index in [-0.39, 0.29) is 5.54 Å². The highest BCUT2D eigenvalue weighted by molar-refractivity contribution is 5.08. The van der Waals surface area contributed by atoms with E-state index in [4.69, 9.17) is 10.5 Å². The lowest BCUT2D eigenvalue weighted by molar-refractivity contribution is 0.0968. The molecule has 3 heterocycles. The summed E-state index contributed by atoms with van der Waals surface area (Å²) < 4.78 is 5.70. The van der Waals surface area contributed by atoms with Crippen molar-refractivity contribution in [2.45, 2.75) is 49.8 Å². The van der Waals surface area contributed by atoms with Crippen molar-refractivity contribution < 1.29 is 4.74 Å². The Hall–Kier alpha value is -0.160. The average molecular weight is 239 g/mol. The first-order valence-electron chi connectivity index (χ1n) is 7.15. The Morgan fingerprint density at radius 2 is 2.24 bits per heavy atom. The summed E-state index contributed by atoms with van der Waals surface area (Å²) in [6.07, 6.45) is 6.72. The molecular weight excluding hydrogens is 214 g/mol. The molecule has 0 spiro atoms. The van der Waals surface area contributed by atoms with E-state index in [1.54, 1.807) is 0 Å². The maximum Gasteiger partial charge on any atom is 0.0700 e. The molecule has 3 N–H and O–H groups in total. The van der Waals surface area contributed by atoms with Crippen LogP contribution in [0.25, 0.3) is 0 Å². The molecule has 3 aliphatic heterocycles. The van der Waals surface area contributed by atoms with Crippen molar-refractivity contribution in [1.29, 1.82) is 0 Å². The molecule has 0 radical (unpaired) electrons. The van der Waals surface area contributed by atoms with Crippen LogP contribution in [0, 0.1) is 0 Å². The minimum absolute atomic E-state index is 0.169. The maximum atomic E-state index is 6.08. The third kappa shape index (κ3) is 2.12. The molecule has 3 aliphatic rings. The Morgan fingerprint density at radius 1 is 1.29 bits per heavy atom. The fourth-order valence-corrected chi connectivity index (χ4v) is 3.87. The summed E-state index contributed by atoms with van der Waals surface area (Å²) in [5.74, 6) is 0. The van der Waals surface area contributed by atoms with Crippen LogP contribution in [-0.2, 0) is 4.74 Å². The van der Waals surface area contributed by atoms with Gasteiger partial charge < -0.3 is 15.8 Å². The molecule has 3 unspecified atom stereocenters. The maximum absolute atomic E-state index is 6.08. The summed E-state index contributed by atoms with van der Waals surface area (Å²) in [4.78, 5) is 2.62. The quantitative estimate of drug-likeness (QED) is 0.742. The molecule has 3 rings (SSSR count). The van der Waals surface area contributed by atoms with E-state index in [1.807, 2.05) is 0 Å². The second-order valence-corrected chi connectivity index (χ2v) is 5.82. The van der Waals surface area contributed by atoms with Crippen molar-refractivity contribution in [3.05, 3.63) is 0 Å². The fourth-order valence-electron chi connectivity index (χ4n) is 3.87. The molecule has 4 heteroatoms. The predicted octanol–water partition coefficient (Wildman–Crippen LogP) is 0.321. The third-order valence-corrected chi connectivity index (χ3v) is 4.92. The van der Waals surface area contributed by atoms with Crippen LogP contribution in [0.1, 0.15) is 32.1 Å². The normalized spacial score (nSPS) is 42.2. The summed E-state index contributed by atoms with van der Waals surface area (Å²) in [7, 11) is 0. The molecule has 0 aromatic rings. The smallest absolute Gasteiger partial charge is 0.0700 e. The van der Waals surface area contributed by atoms with Gasteiger partial charge in [-0.15, -0.1) is 0 Å². The van der Waals surface area contributed by atoms with Crippen LogP contribution in [0.5, 0.6) is 0 Å². The number of hydrogen-bond donors (Lipinski definition) is 2. The number of fused-ring (bicyclic) bond motifs is 1. The molecule has 0 amide bonds. The van der Waals surface area contributed by atoms with Gasteiger partial charge in [0, 0.05) is 37.8 Å². The summed E-state index contributed by atoms with van der Waals surface area (Å²) in [5.41, 5.74) is 6.25. The van der Waals surface area contributed by atoms with Crippen molar-refractivity contribution in [2.24, 2.45) is 5.73 Å². The van der Waals surface area contributed by atoms with Gasteiger partial charge in [0.15, 0.2) is 0 Å². The van der Waals surface area contributed by atoms with Crippen LogP contribution in [0.3, 0.4) is 0 Å². The van der Waals surface area contributed by atoms with Gasteiger partial charge in [-0.3, -0.25) is 4.90 Å². The highest BCUT2D eigenvalue weighted by Crippen LogP contribution is 2.35. The number of nitrogens with two attached hydrogens (primary N) is 1. The lowest BCUT2D eigenvalue weighted by Gasteiger charge is -2.36. The minimum Gasteiger partial charge on any atom is -0.377 e. The number of ether oxygens (including phenoxy) is 1. The van der Waals surface area contributed by atoms with Gasteiger partial charge in [0.2, 0.25) is 0 Å². The van der Waals surface area contributed by atoms with E-state index in [9.17, 15) is 0 Å². The molecule has 3 saturated heterocycles. The highest BCUT2D eigenvalue weighted by atomic mass is 16.5. The molecule has 0 aromatic carbocycles. The van der Waals surface area contributed by atoms with Crippen molar-refractivity contribution in [3.8, 4) is 0 Å². The summed E-state index contributed by atoms with van der Waals surface area (Å²) in [6, 6.07) is 0.675. The summed E-state index contributed by atoms with van der Waals surface area (Å²) >= 11 is 0. The molecule has 4 nitrogen and oxygen atoms in total. The fraction of sp³-hybridized carbons (Fsp3) is 1.00. The van der Waals surface area contributed by atoms with Crippen LogP contribution in [0.2, 0.25) is 0 Å². The zero-order valence-corrected chi connectivity index (χ0v) is 10.7. The first-order chi connectivity index (χ1) is 8.34. The number of nitrogens with one attached hydrogen (secondary N) is 1. The molecule has 3 fully saturated rings. The van der Waals surface area contributed by atoms with Gasteiger partial charge >= 0.3 is 0 Å². The standard InChI is InChI=1S/C13H25N3O/c14-10-13(15-9-11-3-2-8-17-11)5-7-16-6-1-4-12(13)16/h11-12,15H,1-10,14H2. The molecule has 3 atom stereocenters. The first kappa shape index (κ1) is 11.9. The van der Waals surface area contributed by atoms with Crippen LogP contribution < -0.4 is 11.1 Å². The molecule has 0 saturated carbocycles.